The summed E-state index contributed by atoms with van der Waals surface area (Å²) < 4.78 is 4.95. The second-order valence-corrected chi connectivity index (χ2v) is 19.6. The Morgan fingerprint density at radius 1 is 0.203 bits per heavy atom. The van der Waals surface area contributed by atoms with Crippen LogP contribution >= 0.6 is 0 Å². The molecule has 0 aliphatic carbocycles. The SMILES string of the molecule is c1ccc(-c2cc(-c3ccccc3)nc(-c3cc(-n4c5ccccc5c5ccccc54)cc(-n4c5cc6c7ccccc7c7ccccc7c6cc5c5cc6c7ccccc7c7ccccc7c6cc54)c3)n2)cc1. The number of para-hydroxylation sites is 2. The Hall–Kier alpha value is -9.90. The number of nitrogens with zero attached hydrogens (tertiary/aromatic N) is 4. The van der Waals surface area contributed by atoms with E-state index in [4.69, 9.17) is 9.97 Å². The summed E-state index contributed by atoms with van der Waals surface area (Å²) in [5, 5.41) is 19.7. The van der Waals surface area contributed by atoms with Crippen LogP contribution in [0.1, 0.15) is 0 Å². The largest absolute Gasteiger partial charge is 0.309 e. The van der Waals surface area contributed by atoms with Gasteiger partial charge < -0.3 is 9.13 Å². The zero-order valence-electron chi connectivity index (χ0n) is 40.0. The molecule has 0 unspecified atom stereocenters. The van der Waals surface area contributed by atoms with Crippen molar-refractivity contribution in [1.82, 2.24) is 19.1 Å². The maximum Gasteiger partial charge on any atom is 0.160 e. The highest BCUT2D eigenvalue weighted by Crippen LogP contribution is 2.45. The summed E-state index contributed by atoms with van der Waals surface area (Å²) in [4.78, 5) is 10.9. The summed E-state index contributed by atoms with van der Waals surface area (Å²) in [6.45, 7) is 0. The van der Waals surface area contributed by atoms with Crippen molar-refractivity contribution in [2.75, 3.05) is 0 Å². The van der Waals surface area contributed by atoms with Crippen LogP contribution in [0.3, 0.4) is 0 Å². The van der Waals surface area contributed by atoms with Crippen LogP contribution in [0.5, 0.6) is 0 Å². The first-order chi connectivity index (χ1) is 36.7. The normalized spacial score (nSPS) is 12.1. The number of rotatable bonds is 5. The Bertz CT molecular complexity index is 4720. The second kappa shape index (κ2) is 15.8. The highest BCUT2D eigenvalue weighted by molar-refractivity contribution is 6.32. The van der Waals surface area contributed by atoms with Gasteiger partial charge in [-0.25, -0.2) is 9.97 Å². The Kier molecular flexibility index (Phi) is 8.71. The van der Waals surface area contributed by atoms with Crippen molar-refractivity contribution < 1.29 is 0 Å². The molecule has 0 amide bonds. The molecule has 74 heavy (non-hydrogen) atoms. The van der Waals surface area contributed by atoms with Gasteiger partial charge in [-0.15, -0.1) is 0 Å². The molecule has 0 atom stereocenters. The summed E-state index contributed by atoms with van der Waals surface area (Å²) >= 11 is 0. The molecule has 0 spiro atoms. The molecule has 16 rings (SSSR count). The quantitative estimate of drug-likeness (QED) is 0.161. The van der Waals surface area contributed by atoms with Crippen LogP contribution in [-0.2, 0) is 0 Å². The minimum absolute atomic E-state index is 0.653. The number of fused-ring (bicyclic) bond motifs is 18. The van der Waals surface area contributed by atoms with Gasteiger partial charge >= 0.3 is 0 Å². The molecule has 342 valence electrons. The van der Waals surface area contributed by atoms with E-state index in [1.807, 2.05) is 0 Å². The second-order valence-electron chi connectivity index (χ2n) is 19.6. The third-order valence-corrected chi connectivity index (χ3v) is 15.6. The van der Waals surface area contributed by atoms with Gasteiger partial charge in [-0.3, -0.25) is 0 Å². The van der Waals surface area contributed by atoms with Crippen molar-refractivity contribution in [3.63, 3.8) is 0 Å². The summed E-state index contributed by atoms with van der Waals surface area (Å²) in [5.74, 6) is 0.653. The van der Waals surface area contributed by atoms with Gasteiger partial charge in [0.2, 0.25) is 0 Å². The number of benzene rings is 13. The molecule has 4 nitrogen and oxygen atoms in total. The number of hydrogen-bond donors (Lipinski definition) is 0. The maximum absolute atomic E-state index is 5.47. The monoisotopic (exact) mass is 938 g/mol. The summed E-state index contributed by atoms with van der Waals surface area (Å²) in [5.41, 5.74) is 11.3. The number of aromatic nitrogens is 4. The lowest BCUT2D eigenvalue weighted by Crippen LogP contribution is -2.02. The first-order valence-corrected chi connectivity index (χ1v) is 25.4. The van der Waals surface area contributed by atoms with Crippen LogP contribution in [0.25, 0.3) is 154 Å². The van der Waals surface area contributed by atoms with Gasteiger partial charge in [0.15, 0.2) is 5.82 Å². The molecule has 0 saturated heterocycles. The Morgan fingerprint density at radius 3 is 0.905 bits per heavy atom. The van der Waals surface area contributed by atoms with Crippen molar-refractivity contribution in [3.05, 3.63) is 255 Å². The average molecular weight is 939 g/mol. The molecular weight excluding hydrogens is 897 g/mol. The van der Waals surface area contributed by atoms with Gasteiger partial charge in [0, 0.05) is 49.6 Å². The van der Waals surface area contributed by atoms with Gasteiger partial charge in [-0.1, -0.05) is 194 Å². The summed E-state index contributed by atoms with van der Waals surface area (Å²) in [6, 6.07) is 93.1. The summed E-state index contributed by atoms with van der Waals surface area (Å²) in [7, 11) is 0. The lowest BCUT2D eigenvalue weighted by Gasteiger charge is -2.17. The minimum atomic E-state index is 0.653. The highest BCUT2D eigenvalue weighted by atomic mass is 15.0. The predicted molar refractivity (Wildman–Crippen MR) is 312 cm³/mol. The van der Waals surface area contributed by atoms with Crippen molar-refractivity contribution in [2.24, 2.45) is 0 Å². The average Bonchev–Trinajstić information content (AvgIpc) is 3.99. The smallest absolute Gasteiger partial charge is 0.160 e. The Labute approximate surface area is 425 Å². The molecule has 3 aromatic heterocycles. The zero-order valence-corrected chi connectivity index (χ0v) is 40.0. The maximum atomic E-state index is 5.47. The van der Waals surface area contributed by atoms with Crippen LogP contribution in [0.4, 0.5) is 0 Å². The van der Waals surface area contributed by atoms with E-state index in [2.05, 4.69) is 264 Å². The molecule has 3 heterocycles. The lowest BCUT2D eigenvalue weighted by atomic mass is 9.92. The van der Waals surface area contributed by atoms with E-state index in [9.17, 15) is 0 Å². The van der Waals surface area contributed by atoms with Crippen LogP contribution in [0, 0.1) is 0 Å². The van der Waals surface area contributed by atoms with E-state index in [0.717, 1.165) is 61.5 Å². The topological polar surface area (TPSA) is 35.6 Å². The van der Waals surface area contributed by atoms with E-state index in [0.29, 0.717) is 5.82 Å². The van der Waals surface area contributed by atoms with Crippen LogP contribution in [0.2, 0.25) is 0 Å². The molecule has 13 aromatic carbocycles. The van der Waals surface area contributed by atoms with Gasteiger partial charge in [0.05, 0.1) is 33.5 Å². The molecule has 0 saturated carbocycles. The van der Waals surface area contributed by atoms with Gasteiger partial charge in [0.1, 0.15) is 0 Å². The van der Waals surface area contributed by atoms with Crippen molar-refractivity contribution >= 4 is 108 Å². The van der Waals surface area contributed by atoms with E-state index in [1.54, 1.807) is 0 Å². The van der Waals surface area contributed by atoms with Crippen LogP contribution in [-0.4, -0.2) is 19.1 Å². The molecule has 0 aliphatic heterocycles. The molecule has 16 aromatic rings. The molecule has 0 fully saturated rings. The first-order valence-electron chi connectivity index (χ1n) is 25.4. The zero-order chi connectivity index (χ0) is 48.4. The molecule has 4 heteroatoms. The van der Waals surface area contributed by atoms with Gasteiger partial charge in [-0.05, 0) is 125 Å². The van der Waals surface area contributed by atoms with Crippen LogP contribution in [0.15, 0.2) is 255 Å². The highest BCUT2D eigenvalue weighted by Gasteiger charge is 2.22. The molecule has 0 aliphatic rings. The lowest BCUT2D eigenvalue weighted by molar-refractivity contribution is 1.12. The van der Waals surface area contributed by atoms with Crippen LogP contribution < -0.4 is 0 Å². The molecule has 0 bridgehead atoms. The molecule has 0 N–H and O–H groups in total. The van der Waals surface area contributed by atoms with E-state index in [1.165, 1.54) is 86.2 Å². The Balaban J connectivity index is 1.09. The van der Waals surface area contributed by atoms with Crippen molar-refractivity contribution in [2.45, 2.75) is 0 Å². The first kappa shape index (κ1) is 40.8. The third-order valence-electron chi connectivity index (χ3n) is 15.6. The number of hydrogen-bond acceptors (Lipinski definition) is 2. The van der Waals surface area contributed by atoms with E-state index in [-0.39, 0.29) is 0 Å². The predicted octanol–water partition coefficient (Wildman–Crippen LogP) is 18.6. The fourth-order valence-corrected chi connectivity index (χ4v) is 12.4. The van der Waals surface area contributed by atoms with Crippen molar-refractivity contribution in [3.8, 4) is 45.3 Å². The fourth-order valence-electron chi connectivity index (χ4n) is 12.4. The Morgan fingerprint density at radius 2 is 0.514 bits per heavy atom. The van der Waals surface area contributed by atoms with E-state index >= 15 is 0 Å². The van der Waals surface area contributed by atoms with Gasteiger partial charge in [0.25, 0.3) is 0 Å². The van der Waals surface area contributed by atoms with E-state index < -0.39 is 0 Å². The fraction of sp³-hybridized carbons (Fsp3) is 0. The van der Waals surface area contributed by atoms with Crippen molar-refractivity contribution in [1.29, 1.82) is 0 Å². The molecular formula is C70H42N4. The third kappa shape index (κ3) is 6.03. The minimum Gasteiger partial charge on any atom is -0.309 e. The standard InChI is InChI=1S/C70H42N4/c1-3-19-43(20-4-1)64-42-65(44-21-5-2-6-22-44)72-70(71-64)45-35-46(73-66-33-17-15-31-56(66)57-32-16-18-34-67(57)73)37-47(36-45)74-68-40-60-54-29-13-9-25-50(54)48-23-7-11-27-52(48)58(60)38-62(68)63-39-59-53-28-12-8-24-49(53)51-26-10-14-30-55(51)61(59)41-69(63)74/h1-42H. The van der Waals surface area contributed by atoms with Gasteiger partial charge in [-0.2, -0.15) is 0 Å². The molecule has 0 radical (unpaired) electrons. The summed E-state index contributed by atoms with van der Waals surface area (Å²) in [6.07, 6.45) is 0.